The predicted octanol–water partition coefficient (Wildman–Crippen LogP) is 2.87. The number of rotatable bonds is 9. The highest BCUT2D eigenvalue weighted by molar-refractivity contribution is 5.91. The first-order valence-corrected chi connectivity index (χ1v) is 9.39. The number of carbonyl (C=O) groups excluding carboxylic acids is 1. The van der Waals surface area contributed by atoms with Gasteiger partial charge in [0.2, 0.25) is 0 Å². The van der Waals surface area contributed by atoms with Crippen LogP contribution in [-0.2, 0) is 11.3 Å². The highest BCUT2D eigenvalue weighted by atomic mass is 16.5. The topological polar surface area (TPSA) is 52.0 Å². The summed E-state index contributed by atoms with van der Waals surface area (Å²) in [5.74, 6) is 1.95. The van der Waals surface area contributed by atoms with Crippen LogP contribution in [0.5, 0.6) is 11.5 Å². The van der Waals surface area contributed by atoms with Crippen molar-refractivity contribution in [3.05, 3.63) is 53.6 Å². The van der Waals surface area contributed by atoms with Gasteiger partial charge in [-0.25, -0.2) is 0 Å². The molecule has 0 aliphatic carbocycles. The number of quaternary nitrogens is 1. The lowest BCUT2D eigenvalue weighted by molar-refractivity contribution is -0.885. The molecule has 0 bridgehead atoms. The van der Waals surface area contributed by atoms with Crippen LogP contribution in [0.3, 0.4) is 0 Å². The largest absolute Gasteiger partial charge is 0.493 e. The first-order chi connectivity index (χ1) is 13.0. The average molecular weight is 372 g/mol. The third-order valence-electron chi connectivity index (χ3n) is 4.81. The van der Waals surface area contributed by atoms with Crippen molar-refractivity contribution in [2.45, 2.75) is 32.7 Å². The van der Waals surface area contributed by atoms with Crippen molar-refractivity contribution < 1.29 is 19.2 Å². The quantitative estimate of drug-likeness (QED) is 0.713. The van der Waals surface area contributed by atoms with Crippen LogP contribution in [0.4, 0.5) is 5.69 Å². The van der Waals surface area contributed by atoms with E-state index in [9.17, 15) is 4.79 Å². The number of carbonyl (C=O) groups is 1. The minimum Gasteiger partial charge on any atom is -0.493 e. The zero-order valence-corrected chi connectivity index (χ0v) is 17.0. The second-order valence-corrected chi connectivity index (χ2v) is 6.94. The Kier molecular flexibility index (Phi) is 7.67. The lowest BCUT2D eigenvalue weighted by Crippen LogP contribution is -3.08. The molecular weight excluding hydrogens is 340 g/mol. The van der Waals surface area contributed by atoms with E-state index in [1.165, 1.54) is 5.56 Å². The number of likely N-dealkylation sites (N-methyl/N-ethyl adjacent to an activating group) is 1. The summed E-state index contributed by atoms with van der Waals surface area (Å²) >= 11 is 0. The highest BCUT2D eigenvalue weighted by Crippen LogP contribution is 2.30. The maximum absolute atomic E-state index is 12.4. The average Bonchev–Trinajstić information content (AvgIpc) is 2.67. The van der Waals surface area contributed by atoms with E-state index in [0.717, 1.165) is 28.3 Å². The molecule has 0 saturated heterocycles. The number of nitrogens with one attached hydrogen (secondary N) is 2. The number of hydrogen-bond acceptors (Lipinski definition) is 3. The molecule has 2 rings (SSSR count). The standard InChI is InChI=1S/C22H30N2O3/c1-6-16(2)17-10-12-19(13-11-17)23-21(25)15-24(3)14-18-8-7-9-20(26-4)22(18)27-5/h7-13,16H,6,14-15H2,1-5H3,(H,23,25)/p+1/t16-/m0/s1. The minimum atomic E-state index is -0.00865. The fraction of sp³-hybridized carbons (Fsp3) is 0.409. The van der Waals surface area contributed by atoms with E-state index in [2.05, 4.69) is 31.3 Å². The molecule has 2 N–H and O–H groups in total. The number of benzene rings is 2. The Morgan fingerprint density at radius 1 is 1.11 bits per heavy atom. The van der Waals surface area contributed by atoms with Gasteiger partial charge in [0.25, 0.3) is 5.91 Å². The zero-order valence-electron chi connectivity index (χ0n) is 17.0. The number of anilines is 1. The normalized spacial score (nSPS) is 12.9. The third kappa shape index (κ3) is 5.73. The van der Waals surface area contributed by atoms with E-state index in [1.807, 2.05) is 37.4 Å². The highest BCUT2D eigenvalue weighted by Gasteiger charge is 2.16. The van der Waals surface area contributed by atoms with Crippen LogP contribution < -0.4 is 19.7 Å². The SMILES string of the molecule is CC[C@H](C)c1ccc(NC(=O)C[NH+](C)Cc2cccc(OC)c2OC)cc1. The predicted molar refractivity (Wildman–Crippen MR) is 109 cm³/mol. The van der Waals surface area contributed by atoms with Gasteiger partial charge in [0.05, 0.1) is 26.8 Å². The smallest absolute Gasteiger partial charge is 0.279 e. The Morgan fingerprint density at radius 3 is 2.41 bits per heavy atom. The summed E-state index contributed by atoms with van der Waals surface area (Å²) in [7, 11) is 5.25. The Bertz CT molecular complexity index is 744. The van der Waals surface area contributed by atoms with Gasteiger partial charge in [-0.1, -0.05) is 32.0 Å². The van der Waals surface area contributed by atoms with Crippen LogP contribution in [0.1, 0.15) is 37.3 Å². The Morgan fingerprint density at radius 2 is 1.81 bits per heavy atom. The molecule has 0 heterocycles. The first kappa shape index (κ1) is 20.8. The first-order valence-electron chi connectivity index (χ1n) is 9.39. The van der Waals surface area contributed by atoms with Crippen molar-refractivity contribution in [3.8, 4) is 11.5 Å². The van der Waals surface area contributed by atoms with Crippen LogP contribution >= 0.6 is 0 Å². The van der Waals surface area contributed by atoms with Crippen molar-refractivity contribution in [2.75, 3.05) is 33.1 Å². The van der Waals surface area contributed by atoms with Crippen molar-refractivity contribution in [1.82, 2.24) is 0 Å². The molecule has 1 unspecified atom stereocenters. The molecule has 27 heavy (non-hydrogen) atoms. The molecule has 2 aromatic carbocycles. The third-order valence-corrected chi connectivity index (χ3v) is 4.81. The van der Waals surface area contributed by atoms with Gasteiger partial charge in [-0.3, -0.25) is 4.79 Å². The molecule has 0 spiro atoms. The number of methoxy groups -OCH3 is 2. The summed E-state index contributed by atoms with van der Waals surface area (Å²) in [4.78, 5) is 13.4. The molecule has 0 aromatic heterocycles. The van der Waals surface area contributed by atoms with Crippen molar-refractivity contribution >= 4 is 11.6 Å². The summed E-state index contributed by atoms with van der Waals surface area (Å²) in [6, 6.07) is 13.9. The van der Waals surface area contributed by atoms with Gasteiger partial charge >= 0.3 is 0 Å². The van der Waals surface area contributed by atoms with Crippen LogP contribution in [-0.4, -0.2) is 33.7 Å². The van der Waals surface area contributed by atoms with E-state index in [1.54, 1.807) is 14.2 Å². The summed E-state index contributed by atoms with van der Waals surface area (Å²) in [6.45, 7) is 5.42. The molecule has 0 aliphatic rings. The van der Waals surface area contributed by atoms with Crippen molar-refractivity contribution in [3.63, 3.8) is 0 Å². The Hall–Kier alpha value is -2.53. The van der Waals surface area contributed by atoms with Gasteiger partial charge in [-0.2, -0.15) is 0 Å². The minimum absolute atomic E-state index is 0.00865. The molecule has 0 radical (unpaired) electrons. The van der Waals surface area contributed by atoms with E-state index >= 15 is 0 Å². The molecule has 5 heteroatoms. The molecule has 2 atom stereocenters. The van der Waals surface area contributed by atoms with E-state index in [4.69, 9.17) is 9.47 Å². The summed E-state index contributed by atoms with van der Waals surface area (Å²) < 4.78 is 10.8. The maximum Gasteiger partial charge on any atom is 0.279 e. The maximum atomic E-state index is 12.4. The monoisotopic (exact) mass is 371 g/mol. The molecule has 0 fully saturated rings. The van der Waals surface area contributed by atoms with Gasteiger partial charge in [0.15, 0.2) is 18.0 Å². The second kappa shape index (κ2) is 9.97. The number of hydrogen-bond donors (Lipinski definition) is 2. The number of amides is 1. The van der Waals surface area contributed by atoms with Crippen molar-refractivity contribution in [2.24, 2.45) is 0 Å². The second-order valence-electron chi connectivity index (χ2n) is 6.94. The number of para-hydroxylation sites is 1. The lowest BCUT2D eigenvalue weighted by Gasteiger charge is -2.17. The molecule has 5 nitrogen and oxygen atoms in total. The van der Waals surface area contributed by atoms with Crippen LogP contribution in [0.2, 0.25) is 0 Å². The Balaban J connectivity index is 1.94. The van der Waals surface area contributed by atoms with Crippen molar-refractivity contribution in [1.29, 1.82) is 0 Å². The fourth-order valence-corrected chi connectivity index (χ4v) is 3.09. The van der Waals surface area contributed by atoms with E-state index in [-0.39, 0.29) is 5.91 Å². The summed E-state index contributed by atoms with van der Waals surface area (Å²) in [6.07, 6.45) is 1.10. The van der Waals surface area contributed by atoms with E-state index < -0.39 is 0 Å². The molecule has 0 saturated carbocycles. The van der Waals surface area contributed by atoms with Gasteiger partial charge in [0.1, 0.15) is 6.54 Å². The molecule has 146 valence electrons. The molecule has 2 aromatic rings. The van der Waals surface area contributed by atoms with Crippen LogP contribution in [0.15, 0.2) is 42.5 Å². The lowest BCUT2D eigenvalue weighted by atomic mass is 9.99. The molecule has 1 amide bonds. The van der Waals surface area contributed by atoms with Gasteiger partial charge in [-0.05, 0) is 42.2 Å². The van der Waals surface area contributed by atoms with Crippen LogP contribution in [0, 0.1) is 0 Å². The van der Waals surface area contributed by atoms with Gasteiger partial charge < -0.3 is 19.7 Å². The molecular formula is C22H31N2O3+. The van der Waals surface area contributed by atoms with Gasteiger partial charge in [-0.15, -0.1) is 0 Å². The van der Waals surface area contributed by atoms with E-state index in [0.29, 0.717) is 24.8 Å². The number of ether oxygens (including phenoxy) is 2. The summed E-state index contributed by atoms with van der Waals surface area (Å²) in [5, 5.41) is 2.98. The van der Waals surface area contributed by atoms with Crippen LogP contribution in [0.25, 0.3) is 0 Å². The molecule has 0 aliphatic heterocycles. The zero-order chi connectivity index (χ0) is 19.8. The Labute approximate surface area is 162 Å². The van der Waals surface area contributed by atoms with Gasteiger partial charge in [0, 0.05) is 5.69 Å². The fourth-order valence-electron chi connectivity index (χ4n) is 3.09. The summed E-state index contributed by atoms with van der Waals surface area (Å²) in [5.41, 5.74) is 3.14.